The summed E-state index contributed by atoms with van der Waals surface area (Å²) >= 11 is 0. The number of carbonyl (C=O) groups excluding carboxylic acids is 2. The van der Waals surface area contributed by atoms with E-state index in [4.69, 9.17) is 5.26 Å². The van der Waals surface area contributed by atoms with E-state index in [1.54, 1.807) is 29.2 Å². The van der Waals surface area contributed by atoms with Crippen molar-refractivity contribution in [1.29, 1.82) is 5.26 Å². The number of para-hydroxylation sites is 1. The Morgan fingerprint density at radius 1 is 0.929 bits per heavy atom. The van der Waals surface area contributed by atoms with Crippen LogP contribution in [0.3, 0.4) is 0 Å². The molecule has 0 spiro atoms. The number of piperazine rings is 1. The number of hydrogen-bond donors (Lipinski definition) is 0. The number of rotatable bonds is 3. The van der Waals surface area contributed by atoms with Gasteiger partial charge >= 0.3 is 0 Å². The molecule has 0 N–H and O–H groups in total. The van der Waals surface area contributed by atoms with Gasteiger partial charge in [-0.3, -0.25) is 9.59 Å². The lowest BCUT2D eigenvalue weighted by Crippen LogP contribution is -2.50. The van der Waals surface area contributed by atoms with Crippen molar-refractivity contribution in [2.24, 2.45) is 5.92 Å². The average Bonchev–Trinajstić information content (AvgIpc) is 3.15. The van der Waals surface area contributed by atoms with Gasteiger partial charge in [0, 0.05) is 50.5 Å². The van der Waals surface area contributed by atoms with Crippen LogP contribution in [0.5, 0.6) is 0 Å². The van der Waals surface area contributed by atoms with Gasteiger partial charge in [-0.05, 0) is 36.4 Å². The first kappa shape index (κ1) is 18.1. The second-order valence-electron chi connectivity index (χ2n) is 7.21. The zero-order chi connectivity index (χ0) is 19.5. The standard InChI is InChI=1S/C22H22N4O2/c23-15-17-6-8-20(9-7-17)26-16-18(14-21(26)27)22(28)25-12-10-24(11-13-25)19-4-2-1-3-5-19/h1-9,18H,10-14,16H2. The lowest BCUT2D eigenvalue weighted by molar-refractivity contribution is -0.136. The third kappa shape index (κ3) is 3.56. The molecule has 2 heterocycles. The van der Waals surface area contributed by atoms with E-state index in [0.717, 1.165) is 18.8 Å². The van der Waals surface area contributed by atoms with Crippen molar-refractivity contribution in [3.63, 3.8) is 0 Å². The average molecular weight is 374 g/mol. The molecule has 0 bridgehead atoms. The Morgan fingerprint density at radius 2 is 1.61 bits per heavy atom. The monoisotopic (exact) mass is 374 g/mol. The zero-order valence-electron chi connectivity index (χ0n) is 15.6. The molecule has 0 saturated carbocycles. The van der Waals surface area contributed by atoms with Crippen molar-refractivity contribution in [2.45, 2.75) is 6.42 Å². The molecule has 4 rings (SSSR count). The van der Waals surface area contributed by atoms with Gasteiger partial charge in [-0.1, -0.05) is 18.2 Å². The minimum Gasteiger partial charge on any atom is -0.368 e. The molecule has 6 heteroatoms. The molecule has 2 aliphatic heterocycles. The number of anilines is 2. The van der Waals surface area contributed by atoms with E-state index in [1.165, 1.54) is 5.69 Å². The molecule has 1 unspecified atom stereocenters. The van der Waals surface area contributed by atoms with Crippen LogP contribution >= 0.6 is 0 Å². The molecular weight excluding hydrogens is 352 g/mol. The Balaban J connectivity index is 1.37. The van der Waals surface area contributed by atoms with Crippen molar-refractivity contribution in [3.8, 4) is 6.07 Å². The van der Waals surface area contributed by atoms with Crippen LogP contribution in [-0.2, 0) is 9.59 Å². The summed E-state index contributed by atoms with van der Waals surface area (Å²) in [6, 6.07) is 19.2. The highest BCUT2D eigenvalue weighted by Gasteiger charge is 2.37. The molecule has 28 heavy (non-hydrogen) atoms. The number of nitriles is 1. The normalized spacial score (nSPS) is 19.6. The summed E-state index contributed by atoms with van der Waals surface area (Å²) in [6.07, 6.45) is 0.248. The van der Waals surface area contributed by atoms with E-state index in [1.807, 2.05) is 23.1 Å². The Morgan fingerprint density at radius 3 is 2.25 bits per heavy atom. The molecule has 0 radical (unpaired) electrons. The fraction of sp³-hybridized carbons (Fsp3) is 0.318. The fourth-order valence-corrected chi connectivity index (χ4v) is 3.92. The Hall–Kier alpha value is -3.33. The van der Waals surface area contributed by atoms with Crippen LogP contribution in [0.4, 0.5) is 11.4 Å². The highest BCUT2D eigenvalue weighted by Crippen LogP contribution is 2.27. The van der Waals surface area contributed by atoms with Crippen LogP contribution in [-0.4, -0.2) is 49.4 Å². The van der Waals surface area contributed by atoms with E-state index in [0.29, 0.717) is 25.2 Å². The lowest BCUT2D eigenvalue weighted by Gasteiger charge is -2.37. The van der Waals surface area contributed by atoms with E-state index in [-0.39, 0.29) is 24.2 Å². The van der Waals surface area contributed by atoms with Crippen LogP contribution in [0.1, 0.15) is 12.0 Å². The van der Waals surface area contributed by atoms with Crippen molar-refractivity contribution in [1.82, 2.24) is 4.90 Å². The number of hydrogen-bond acceptors (Lipinski definition) is 4. The van der Waals surface area contributed by atoms with Crippen LogP contribution in [0.25, 0.3) is 0 Å². The summed E-state index contributed by atoms with van der Waals surface area (Å²) in [4.78, 5) is 31.2. The fourth-order valence-electron chi connectivity index (χ4n) is 3.92. The first-order chi connectivity index (χ1) is 13.7. The van der Waals surface area contributed by atoms with Crippen LogP contribution in [0.2, 0.25) is 0 Å². The van der Waals surface area contributed by atoms with Crippen LogP contribution in [0.15, 0.2) is 54.6 Å². The molecule has 2 fully saturated rings. The zero-order valence-corrected chi connectivity index (χ0v) is 15.6. The molecule has 1 atom stereocenters. The van der Waals surface area contributed by atoms with E-state index in [2.05, 4.69) is 23.1 Å². The maximum Gasteiger partial charge on any atom is 0.228 e. The molecule has 2 aromatic carbocycles. The number of nitrogens with zero attached hydrogens (tertiary/aromatic N) is 4. The third-order valence-corrected chi connectivity index (χ3v) is 5.50. The van der Waals surface area contributed by atoms with Crippen LogP contribution < -0.4 is 9.80 Å². The summed E-state index contributed by atoms with van der Waals surface area (Å²) in [5.41, 5.74) is 2.48. The molecule has 2 aliphatic rings. The van der Waals surface area contributed by atoms with Gasteiger partial charge in [0.15, 0.2) is 0 Å². The van der Waals surface area contributed by atoms with Gasteiger partial charge in [-0.25, -0.2) is 0 Å². The van der Waals surface area contributed by atoms with Gasteiger partial charge in [0.1, 0.15) is 0 Å². The van der Waals surface area contributed by atoms with E-state index in [9.17, 15) is 9.59 Å². The maximum atomic E-state index is 13.0. The summed E-state index contributed by atoms with van der Waals surface area (Å²) in [5.74, 6) is -0.269. The number of amides is 2. The van der Waals surface area contributed by atoms with Crippen molar-refractivity contribution >= 4 is 23.2 Å². The molecular formula is C22H22N4O2. The minimum absolute atomic E-state index is 0.0361. The predicted molar refractivity (Wildman–Crippen MR) is 107 cm³/mol. The number of carbonyl (C=O) groups is 2. The lowest BCUT2D eigenvalue weighted by atomic mass is 10.1. The van der Waals surface area contributed by atoms with E-state index < -0.39 is 0 Å². The van der Waals surface area contributed by atoms with Gasteiger partial charge in [0.25, 0.3) is 0 Å². The molecule has 2 aromatic rings. The van der Waals surface area contributed by atoms with Gasteiger partial charge in [-0.15, -0.1) is 0 Å². The van der Waals surface area contributed by atoms with Gasteiger partial charge in [0.2, 0.25) is 11.8 Å². The minimum atomic E-state index is -0.300. The molecule has 6 nitrogen and oxygen atoms in total. The van der Waals surface area contributed by atoms with Crippen molar-refractivity contribution in [2.75, 3.05) is 42.5 Å². The molecule has 142 valence electrons. The van der Waals surface area contributed by atoms with Gasteiger partial charge in [0.05, 0.1) is 17.6 Å². The summed E-state index contributed by atoms with van der Waals surface area (Å²) < 4.78 is 0. The molecule has 0 aromatic heterocycles. The topological polar surface area (TPSA) is 67.7 Å². The SMILES string of the molecule is N#Cc1ccc(N2CC(C(=O)N3CCN(c4ccccc4)CC3)CC2=O)cc1. The smallest absolute Gasteiger partial charge is 0.228 e. The third-order valence-electron chi connectivity index (χ3n) is 5.50. The second kappa shape index (κ2) is 7.73. The summed E-state index contributed by atoms with van der Waals surface area (Å²) in [7, 11) is 0. The first-order valence-corrected chi connectivity index (χ1v) is 9.55. The summed E-state index contributed by atoms with van der Waals surface area (Å²) in [6.45, 7) is 3.36. The molecule has 0 aliphatic carbocycles. The maximum absolute atomic E-state index is 13.0. The molecule has 2 amide bonds. The highest BCUT2D eigenvalue weighted by molar-refractivity contribution is 6.00. The first-order valence-electron chi connectivity index (χ1n) is 9.55. The number of benzene rings is 2. The van der Waals surface area contributed by atoms with Gasteiger partial charge < -0.3 is 14.7 Å². The Labute approximate surface area is 164 Å². The Bertz CT molecular complexity index is 896. The van der Waals surface area contributed by atoms with E-state index >= 15 is 0 Å². The predicted octanol–water partition coefficient (Wildman–Crippen LogP) is 2.26. The second-order valence-corrected chi connectivity index (χ2v) is 7.21. The largest absolute Gasteiger partial charge is 0.368 e. The van der Waals surface area contributed by atoms with Crippen molar-refractivity contribution < 1.29 is 9.59 Å². The van der Waals surface area contributed by atoms with Crippen molar-refractivity contribution in [3.05, 3.63) is 60.2 Å². The molecule has 2 saturated heterocycles. The highest BCUT2D eigenvalue weighted by atomic mass is 16.2. The quantitative estimate of drug-likeness (QED) is 0.827. The Kier molecular flexibility index (Phi) is 4.98. The van der Waals surface area contributed by atoms with Gasteiger partial charge in [-0.2, -0.15) is 5.26 Å². The van der Waals surface area contributed by atoms with Crippen LogP contribution in [0, 0.1) is 17.2 Å². The summed E-state index contributed by atoms with van der Waals surface area (Å²) in [5, 5.41) is 8.91.